The van der Waals surface area contributed by atoms with E-state index in [-0.39, 0.29) is 17.9 Å². The Morgan fingerprint density at radius 1 is 1.11 bits per heavy atom. The number of anilines is 1. The molecule has 28 heavy (non-hydrogen) atoms. The number of rotatable bonds is 5. The van der Waals surface area contributed by atoms with Gasteiger partial charge in [0.2, 0.25) is 5.91 Å². The van der Waals surface area contributed by atoms with Gasteiger partial charge < -0.3 is 15.4 Å². The van der Waals surface area contributed by atoms with Crippen molar-refractivity contribution in [3.63, 3.8) is 0 Å². The molecule has 1 fully saturated rings. The van der Waals surface area contributed by atoms with Gasteiger partial charge in [-0.15, -0.1) is 11.3 Å². The van der Waals surface area contributed by atoms with Crippen molar-refractivity contribution < 1.29 is 19.1 Å². The number of fused-ring (bicyclic) bond motifs is 1. The fraction of sp³-hybridized carbons (Fsp3) is 0.667. The van der Waals surface area contributed by atoms with E-state index in [0.717, 1.165) is 55.4 Å². The third-order valence-corrected chi connectivity index (χ3v) is 6.96. The first kappa shape index (κ1) is 20.8. The van der Waals surface area contributed by atoms with Crippen molar-refractivity contribution in [1.29, 1.82) is 0 Å². The zero-order chi connectivity index (χ0) is 20.3. The quantitative estimate of drug-likeness (QED) is 0.728. The van der Waals surface area contributed by atoms with Crippen LogP contribution in [0, 0.1) is 5.92 Å². The van der Waals surface area contributed by atoms with Crippen molar-refractivity contribution in [3.05, 3.63) is 16.0 Å². The minimum absolute atomic E-state index is 0.145. The smallest absolute Gasteiger partial charge is 0.342 e. The van der Waals surface area contributed by atoms with Gasteiger partial charge in [-0.3, -0.25) is 9.59 Å². The fourth-order valence-electron chi connectivity index (χ4n) is 4.13. The van der Waals surface area contributed by atoms with Gasteiger partial charge in [-0.05, 0) is 56.9 Å². The molecule has 2 aliphatic carbocycles. The van der Waals surface area contributed by atoms with Crippen LogP contribution in [-0.4, -0.2) is 29.9 Å². The van der Waals surface area contributed by atoms with E-state index < -0.39 is 12.1 Å². The molecule has 3 rings (SSSR count). The van der Waals surface area contributed by atoms with Crippen LogP contribution in [0.3, 0.4) is 0 Å². The van der Waals surface area contributed by atoms with Crippen molar-refractivity contribution in [2.24, 2.45) is 5.92 Å². The Bertz CT molecular complexity index is 758. The average molecular weight is 407 g/mol. The topological polar surface area (TPSA) is 84.5 Å². The Labute approximate surface area is 170 Å². The number of thiophene rings is 1. The maximum atomic E-state index is 12.9. The highest BCUT2D eigenvalue weighted by Crippen LogP contribution is 2.38. The standard InChI is InChI=1S/C21H30N2O4S/c1-12-8-4-6-10-16(12)23-19(25)13(2)27-21(26)18-15-9-5-7-11-17(15)28-20(18)22-14(3)24/h12-13,16H,4-11H2,1-3H3,(H,22,24)(H,23,25)/t12-,13+,16+/m0/s1. The lowest BCUT2D eigenvalue weighted by Crippen LogP contribution is -2.46. The maximum Gasteiger partial charge on any atom is 0.342 e. The molecule has 7 heteroatoms. The molecule has 0 aliphatic heterocycles. The summed E-state index contributed by atoms with van der Waals surface area (Å²) in [5, 5.41) is 6.35. The van der Waals surface area contributed by atoms with Gasteiger partial charge in [0.05, 0.1) is 5.56 Å². The van der Waals surface area contributed by atoms with Crippen LogP contribution >= 0.6 is 11.3 Å². The third-order valence-electron chi connectivity index (χ3n) is 5.76. The lowest BCUT2D eigenvalue weighted by atomic mass is 9.86. The van der Waals surface area contributed by atoms with Crippen LogP contribution in [0.5, 0.6) is 0 Å². The minimum Gasteiger partial charge on any atom is -0.449 e. The summed E-state index contributed by atoms with van der Waals surface area (Å²) < 4.78 is 5.53. The zero-order valence-electron chi connectivity index (χ0n) is 16.9. The lowest BCUT2D eigenvalue weighted by molar-refractivity contribution is -0.130. The van der Waals surface area contributed by atoms with Crippen LogP contribution in [0.25, 0.3) is 0 Å². The third kappa shape index (κ3) is 4.74. The van der Waals surface area contributed by atoms with Gasteiger partial charge in [0, 0.05) is 17.8 Å². The van der Waals surface area contributed by atoms with Gasteiger partial charge in [0.15, 0.2) is 6.10 Å². The summed E-state index contributed by atoms with van der Waals surface area (Å²) >= 11 is 1.45. The molecule has 0 bridgehead atoms. The van der Waals surface area contributed by atoms with Gasteiger partial charge in [0.1, 0.15) is 5.00 Å². The summed E-state index contributed by atoms with van der Waals surface area (Å²) in [5.41, 5.74) is 1.40. The van der Waals surface area contributed by atoms with Gasteiger partial charge >= 0.3 is 5.97 Å². The number of hydrogen-bond donors (Lipinski definition) is 2. The normalized spacial score (nSPS) is 22.7. The van der Waals surface area contributed by atoms with Gasteiger partial charge in [-0.1, -0.05) is 19.8 Å². The number of carbonyl (C=O) groups is 3. The number of ether oxygens (including phenoxy) is 1. The molecule has 0 aromatic carbocycles. The molecule has 6 nitrogen and oxygen atoms in total. The van der Waals surface area contributed by atoms with Crippen LogP contribution in [0.1, 0.15) is 80.1 Å². The van der Waals surface area contributed by atoms with Crippen LogP contribution in [0.2, 0.25) is 0 Å². The SMILES string of the molecule is CC(=O)Nc1sc2c(c1C(=O)O[C@H](C)C(=O)N[C@@H]1CCCC[C@@H]1C)CCCC2. The molecule has 1 aromatic heterocycles. The van der Waals surface area contributed by atoms with E-state index in [1.165, 1.54) is 24.7 Å². The van der Waals surface area contributed by atoms with E-state index in [2.05, 4.69) is 17.6 Å². The van der Waals surface area contributed by atoms with Crippen LogP contribution in [-0.2, 0) is 27.2 Å². The fourth-order valence-corrected chi connectivity index (χ4v) is 5.46. The summed E-state index contributed by atoms with van der Waals surface area (Å²) in [6.45, 7) is 5.19. The zero-order valence-corrected chi connectivity index (χ0v) is 17.7. The number of aryl methyl sites for hydroxylation is 1. The van der Waals surface area contributed by atoms with E-state index >= 15 is 0 Å². The minimum atomic E-state index is -0.869. The van der Waals surface area contributed by atoms with Crippen LogP contribution in [0.4, 0.5) is 5.00 Å². The molecule has 2 amide bonds. The first-order valence-corrected chi connectivity index (χ1v) is 11.1. The Kier molecular flexibility index (Phi) is 6.75. The molecule has 3 atom stereocenters. The summed E-state index contributed by atoms with van der Waals surface area (Å²) in [7, 11) is 0. The summed E-state index contributed by atoms with van der Waals surface area (Å²) in [4.78, 5) is 38.2. The Balaban J connectivity index is 1.70. The second-order valence-corrected chi connectivity index (χ2v) is 9.13. The Morgan fingerprint density at radius 3 is 2.54 bits per heavy atom. The molecule has 1 aromatic rings. The number of esters is 1. The van der Waals surface area contributed by atoms with E-state index in [4.69, 9.17) is 4.74 Å². The first-order valence-electron chi connectivity index (χ1n) is 10.3. The molecule has 1 saturated carbocycles. The van der Waals surface area contributed by atoms with E-state index in [1.807, 2.05) is 0 Å². The monoisotopic (exact) mass is 406 g/mol. The Morgan fingerprint density at radius 2 is 1.82 bits per heavy atom. The molecule has 154 valence electrons. The number of amides is 2. The predicted molar refractivity (Wildman–Crippen MR) is 110 cm³/mol. The highest BCUT2D eigenvalue weighted by Gasteiger charge is 2.30. The van der Waals surface area contributed by atoms with Gasteiger partial charge in [-0.25, -0.2) is 4.79 Å². The van der Waals surface area contributed by atoms with Gasteiger partial charge in [0.25, 0.3) is 5.91 Å². The van der Waals surface area contributed by atoms with Crippen molar-refractivity contribution >= 4 is 34.1 Å². The van der Waals surface area contributed by atoms with E-state index in [1.54, 1.807) is 6.92 Å². The summed E-state index contributed by atoms with van der Waals surface area (Å²) in [5.74, 6) is -0.555. The van der Waals surface area contributed by atoms with Crippen molar-refractivity contribution in [1.82, 2.24) is 5.32 Å². The largest absolute Gasteiger partial charge is 0.449 e. The van der Waals surface area contributed by atoms with Crippen molar-refractivity contribution in [2.75, 3.05) is 5.32 Å². The molecule has 2 N–H and O–H groups in total. The van der Waals surface area contributed by atoms with Crippen molar-refractivity contribution in [2.45, 2.75) is 84.3 Å². The van der Waals surface area contributed by atoms with Crippen LogP contribution in [0.15, 0.2) is 0 Å². The number of hydrogen-bond acceptors (Lipinski definition) is 5. The Hall–Kier alpha value is -1.89. The molecule has 0 unspecified atom stereocenters. The molecule has 1 heterocycles. The molecule has 0 spiro atoms. The summed E-state index contributed by atoms with van der Waals surface area (Å²) in [6.07, 6.45) is 7.34. The summed E-state index contributed by atoms with van der Waals surface area (Å²) in [6, 6.07) is 0.145. The second kappa shape index (κ2) is 9.07. The molecule has 2 aliphatic rings. The van der Waals surface area contributed by atoms with E-state index in [0.29, 0.717) is 16.5 Å². The average Bonchev–Trinajstić information content (AvgIpc) is 3.00. The maximum absolute atomic E-state index is 12.9. The van der Waals surface area contributed by atoms with Crippen molar-refractivity contribution in [3.8, 4) is 0 Å². The molecule has 0 radical (unpaired) electrons. The molecular formula is C21H30N2O4S. The molecular weight excluding hydrogens is 376 g/mol. The second-order valence-electron chi connectivity index (χ2n) is 8.02. The lowest BCUT2D eigenvalue weighted by Gasteiger charge is -2.30. The first-order chi connectivity index (χ1) is 13.4. The number of carbonyl (C=O) groups excluding carboxylic acids is 3. The van der Waals surface area contributed by atoms with E-state index in [9.17, 15) is 14.4 Å². The highest BCUT2D eigenvalue weighted by atomic mass is 32.1. The van der Waals surface area contributed by atoms with Gasteiger partial charge in [-0.2, -0.15) is 0 Å². The highest BCUT2D eigenvalue weighted by molar-refractivity contribution is 7.17. The van der Waals surface area contributed by atoms with Crippen LogP contribution < -0.4 is 10.6 Å². The predicted octanol–water partition coefficient (Wildman–Crippen LogP) is 3.83. The number of nitrogens with one attached hydrogen (secondary N) is 2. The molecule has 0 saturated heterocycles.